The Hall–Kier alpha value is -1.49. The number of thiophene rings is 1. The minimum Gasteiger partial charge on any atom is -0.297 e. The second kappa shape index (κ2) is 4.79. The lowest BCUT2D eigenvalue weighted by atomic mass is 10.0. The number of nitrogens with zero attached hydrogens (tertiary/aromatic N) is 2. The van der Waals surface area contributed by atoms with E-state index in [1.165, 1.54) is 22.2 Å². The number of carbonyl (C=O) groups is 1. The summed E-state index contributed by atoms with van der Waals surface area (Å²) >= 11 is 1.43. The first-order valence-electron chi connectivity index (χ1n) is 5.58. The molecule has 0 aliphatic heterocycles. The monoisotopic (exact) mass is 250 g/mol. The molecule has 0 saturated carbocycles. The van der Waals surface area contributed by atoms with E-state index in [-0.39, 0.29) is 23.8 Å². The molecule has 0 aliphatic carbocycles. The van der Waals surface area contributed by atoms with Gasteiger partial charge in [0.1, 0.15) is 4.83 Å². The lowest BCUT2D eigenvalue weighted by molar-refractivity contribution is -0.123. The number of hydrogen-bond donors (Lipinski definition) is 0. The van der Waals surface area contributed by atoms with Gasteiger partial charge in [-0.25, -0.2) is 4.98 Å². The van der Waals surface area contributed by atoms with Crippen LogP contribution >= 0.6 is 11.3 Å². The maximum Gasteiger partial charge on any atom is 0.262 e. The average molecular weight is 250 g/mol. The Kier molecular flexibility index (Phi) is 3.38. The highest BCUT2D eigenvalue weighted by atomic mass is 32.1. The van der Waals surface area contributed by atoms with Crippen LogP contribution in [0.1, 0.15) is 20.3 Å². The van der Waals surface area contributed by atoms with Gasteiger partial charge in [-0.3, -0.25) is 14.2 Å². The van der Waals surface area contributed by atoms with Crippen LogP contribution in [0.2, 0.25) is 0 Å². The number of rotatable bonds is 4. The van der Waals surface area contributed by atoms with E-state index < -0.39 is 0 Å². The molecule has 0 bridgehead atoms. The number of carbonyl (C=O) groups excluding carboxylic acids is 1. The minimum absolute atomic E-state index is 0.0138. The molecule has 0 spiro atoms. The molecule has 90 valence electrons. The summed E-state index contributed by atoms with van der Waals surface area (Å²) in [5.41, 5.74) is -0.132. The Balaban J connectivity index is 2.33. The molecule has 2 aromatic rings. The molecule has 1 unspecified atom stereocenters. The molecule has 2 aromatic heterocycles. The van der Waals surface area contributed by atoms with Gasteiger partial charge in [-0.05, 0) is 17.9 Å². The van der Waals surface area contributed by atoms with Gasteiger partial charge in [-0.1, -0.05) is 13.8 Å². The Morgan fingerprint density at radius 1 is 1.59 bits per heavy atom. The highest BCUT2D eigenvalue weighted by Crippen LogP contribution is 2.13. The normalized spacial score (nSPS) is 12.8. The van der Waals surface area contributed by atoms with Crippen LogP contribution in [0.25, 0.3) is 10.2 Å². The van der Waals surface area contributed by atoms with Gasteiger partial charge in [-0.2, -0.15) is 0 Å². The fraction of sp³-hybridized carbons (Fsp3) is 0.417. The lowest BCUT2D eigenvalue weighted by Crippen LogP contribution is -2.26. The van der Waals surface area contributed by atoms with Crippen molar-refractivity contribution in [2.75, 3.05) is 0 Å². The van der Waals surface area contributed by atoms with Crippen LogP contribution in [0.15, 0.2) is 22.6 Å². The third kappa shape index (κ3) is 2.29. The summed E-state index contributed by atoms with van der Waals surface area (Å²) in [6.45, 7) is 3.96. The van der Waals surface area contributed by atoms with Gasteiger partial charge in [0.25, 0.3) is 5.56 Å². The van der Waals surface area contributed by atoms with E-state index in [9.17, 15) is 9.59 Å². The largest absolute Gasteiger partial charge is 0.297 e. The number of Topliss-reactive ketones (excluding diaryl/α,β-unsaturated/α-hetero) is 1. The van der Waals surface area contributed by atoms with Crippen LogP contribution < -0.4 is 5.56 Å². The zero-order valence-electron chi connectivity index (χ0n) is 9.84. The van der Waals surface area contributed by atoms with Gasteiger partial charge in [0.2, 0.25) is 0 Å². The number of ketones is 1. The van der Waals surface area contributed by atoms with Crippen molar-refractivity contribution in [2.45, 2.75) is 26.8 Å². The molecule has 17 heavy (non-hydrogen) atoms. The summed E-state index contributed by atoms with van der Waals surface area (Å²) in [5.74, 6) is 0.0612. The first kappa shape index (κ1) is 12.0. The van der Waals surface area contributed by atoms with Gasteiger partial charge in [0, 0.05) is 5.92 Å². The van der Waals surface area contributed by atoms with Crippen molar-refractivity contribution >= 4 is 27.3 Å². The topological polar surface area (TPSA) is 52.0 Å². The van der Waals surface area contributed by atoms with E-state index in [0.29, 0.717) is 5.39 Å². The smallest absolute Gasteiger partial charge is 0.262 e. The molecule has 0 radical (unpaired) electrons. The first-order chi connectivity index (χ1) is 8.13. The van der Waals surface area contributed by atoms with Crippen LogP contribution in [0, 0.1) is 5.92 Å². The average Bonchev–Trinajstić information content (AvgIpc) is 2.80. The van der Waals surface area contributed by atoms with E-state index in [1.807, 2.05) is 19.2 Å². The van der Waals surface area contributed by atoms with Crippen molar-refractivity contribution in [3.63, 3.8) is 0 Å². The third-order valence-corrected chi connectivity index (χ3v) is 3.76. The van der Waals surface area contributed by atoms with E-state index in [1.54, 1.807) is 6.07 Å². The van der Waals surface area contributed by atoms with E-state index in [4.69, 9.17) is 0 Å². The Morgan fingerprint density at radius 3 is 3.06 bits per heavy atom. The molecule has 5 heteroatoms. The molecule has 0 fully saturated rings. The second-order valence-corrected chi connectivity index (χ2v) is 4.99. The van der Waals surface area contributed by atoms with Crippen molar-refractivity contribution < 1.29 is 4.79 Å². The van der Waals surface area contributed by atoms with Crippen molar-refractivity contribution in [2.24, 2.45) is 5.92 Å². The Labute approximate surface area is 103 Å². The molecule has 0 aromatic carbocycles. The summed E-state index contributed by atoms with van der Waals surface area (Å²) in [7, 11) is 0. The zero-order chi connectivity index (χ0) is 12.4. The van der Waals surface area contributed by atoms with Crippen molar-refractivity contribution in [1.82, 2.24) is 9.55 Å². The summed E-state index contributed by atoms with van der Waals surface area (Å²) in [6.07, 6.45) is 2.25. The molecule has 0 amide bonds. The highest BCUT2D eigenvalue weighted by Gasteiger charge is 2.13. The maximum absolute atomic E-state index is 12.0. The standard InChI is InChI=1S/C12H14N2O2S/c1-3-8(2)10(15)6-14-7-13-11-9(12(14)16)4-5-17-11/h4-5,7-8H,3,6H2,1-2H3. The van der Waals surface area contributed by atoms with E-state index in [2.05, 4.69) is 4.98 Å². The summed E-state index contributed by atoms with van der Waals surface area (Å²) in [4.78, 5) is 28.7. The molecule has 0 saturated heterocycles. The fourth-order valence-electron chi connectivity index (χ4n) is 1.56. The zero-order valence-corrected chi connectivity index (χ0v) is 10.7. The second-order valence-electron chi connectivity index (χ2n) is 4.09. The Bertz CT molecular complexity index is 600. The SMILES string of the molecule is CCC(C)C(=O)Cn1cnc2sccc2c1=O. The van der Waals surface area contributed by atoms with Gasteiger partial charge in [-0.15, -0.1) is 11.3 Å². The fourth-order valence-corrected chi connectivity index (χ4v) is 2.28. The van der Waals surface area contributed by atoms with Crippen LogP contribution in [0.4, 0.5) is 0 Å². The van der Waals surface area contributed by atoms with Gasteiger partial charge < -0.3 is 0 Å². The van der Waals surface area contributed by atoms with Crippen LogP contribution in [0.3, 0.4) is 0 Å². The number of fused-ring (bicyclic) bond motifs is 1. The molecule has 2 rings (SSSR count). The molecule has 0 aliphatic rings. The van der Waals surface area contributed by atoms with Crippen molar-refractivity contribution in [3.8, 4) is 0 Å². The van der Waals surface area contributed by atoms with Crippen LogP contribution in [-0.4, -0.2) is 15.3 Å². The van der Waals surface area contributed by atoms with E-state index in [0.717, 1.165) is 11.3 Å². The Morgan fingerprint density at radius 2 is 2.35 bits per heavy atom. The van der Waals surface area contributed by atoms with Gasteiger partial charge in [0.15, 0.2) is 5.78 Å². The van der Waals surface area contributed by atoms with Crippen LogP contribution in [0.5, 0.6) is 0 Å². The summed E-state index contributed by atoms with van der Waals surface area (Å²) in [5, 5.41) is 2.43. The minimum atomic E-state index is -0.132. The summed E-state index contributed by atoms with van der Waals surface area (Å²) < 4.78 is 1.39. The van der Waals surface area contributed by atoms with Gasteiger partial charge in [0.05, 0.1) is 18.3 Å². The molecule has 0 N–H and O–H groups in total. The maximum atomic E-state index is 12.0. The molecular formula is C12H14N2O2S. The van der Waals surface area contributed by atoms with Crippen molar-refractivity contribution in [3.05, 3.63) is 28.1 Å². The first-order valence-corrected chi connectivity index (χ1v) is 6.46. The lowest BCUT2D eigenvalue weighted by Gasteiger charge is -2.08. The summed E-state index contributed by atoms with van der Waals surface area (Å²) in [6, 6.07) is 1.75. The van der Waals surface area contributed by atoms with Crippen molar-refractivity contribution in [1.29, 1.82) is 0 Å². The predicted molar refractivity (Wildman–Crippen MR) is 68.3 cm³/mol. The van der Waals surface area contributed by atoms with Crippen LogP contribution in [-0.2, 0) is 11.3 Å². The molecule has 1 atom stereocenters. The number of aromatic nitrogens is 2. The molecular weight excluding hydrogens is 236 g/mol. The molecule has 2 heterocycles. The predicted octanol–water partition coefficient (Wildman–Crippen LogP) is 2.07. The quantitative estimate of drug-likeness (QED) is 0.834. The van der Waals surface area contributed by atoms with Gasteiger partial charge >= 0.3 is 0 Å². The molecule has 4 nitrogen and oxygen atoms in total. The highest BCUT2D eigenvalue weighted by molar-refractivity contribution is 7.16. The number of hydrogen-bond acceptors (Lipinski definition) is 4. The van der Waals surface area contributed by atoms with E-state index >= 15 is 0 Å². The third-order valence-electron chi connectivity index (χ3n) is 2.94.